The summed E-state index contributed by atoms with van der Waals surface area (Å²) in [6, 6.07) is 14.7. The minimum Gasteiger partial charge on any atom is -0.497 e. The summed E-state index contributed by atoms with van der Waals surface area (Å²) in [5.41, 5.74) is 2.64. The lowest BCUT2D eigenvalue weighted by Gasteiger charge is -2.02. The maximum absolute atomic E-state index is 12.3. The van der Waals surface area contributed by atoms with Crippen LogP contribution in [0.3, 0.4) is 0 Å². The Kier molecular flexibility index (Phi) is 5.36. The van der Waals surface area contributed by atoms with E-state index in [9.17, 15) is 4.79 Å². The monoisotopic (exact) mass is 372 g/mol. The fourth-order valence-corrected chi connectivity index (χ4v) is 3.46. The van der Waals surface area contributed by atoms with Gasteiger partial charge in [-0.15, -0.1) is 11.3 Å². The molecule has 0 aliphatic carbocycles. The van der Waals surface area contributed by atoms with Crippen molar-refractivity contribution in [2.24, 2.45) is 0 Å². The van der Waals surface area contributed by atoms with Crippen molar-refractivity contribution >= 4 is 34.0 Å². The highest BCUT2D eigenvalue weighted by atomic mass is 35.5. The molecule has 6 heteroatoms. The van der Waals surface area contributed by atoms with E-state index in [0.29, 0.717) is 15.7 Å². The van der Waals surface area contributed by atoms with Crippen molar-refractivity contribution in [2.45, 2.75) is 13.3 Å². The third-order valence-corrected chi connectivity index (χ3v) is 5.07. The SMILES string of the molecule is COc1ccc(Cc2sc(NC(=O)c3ccc(Cl)cc3)nc2C)cc1. The summed E-state index contributed by atoms with van der Waals surface area (Å²) in [6.07, 6.45) is 0.768. The molecule has 0 aliphatic rings. The summed E-state index contributed by atoms with van der Waals surface area (Å²) < 4.78 is 5.17. The number of aryl methyl sites for hydroxylation is 1. The molecule has 0 fully saturated rings. The summed E-state index contributed by atoms with van der Waals surface area (Å²) in [5.74, 6) is 0.641. The molecule has 0 radical (unpaired) electrons. The highest BCUT2D eigenvalue weighted by molar-refractivity contribution is 7.15. The fraction of sp³-hybridized carbons (Fsp3) is 0.158. The maximum Gasteiger partial charge on any atom is 0.257 e. The number of benzene rings is 2. The molecule has 0 saturated carbocycles. The molecule has 0 saturated heterocycles. The van der Waals surface area contributed by atoms with Crippen LogP contribution in [-0.4, -0.2) is 18.0 Å². The van der Waals surface area contributed by atoms with Gasteiger partial charge in [-0.25, -0.2) is 4.98 Å². The van der Waals surface area contributed by atoms with Gasteiger partial charge in [0.2, 0.25) is 0 Å². The van der Waals surface area contributed by atoms with E-state index in [-0.39, 0.29) is 5.91 Å². The Bertz CT molecular complexity index is 873. The van der Waals surface area contributed by atoms with Crippen molar-refractivity contribution in [3.8, 4) is 5.75 Å². The van der Waals surface area contributed by atoms with Crippen LogP contribution in [0, 0.1) is 6.92 Å². The Hall–Kier alpha value is -2.37. The van der Waals surface area contributed by atoms with Gasteiger partial charge in [0, 0.05) is 21.9 Å². The van der Waals surface area contributed by atoms with E-state index in [4.69, 9.17) is 16.3 Å². The van der Waals surface area contributed by atoms with Crippen LogP contribution in [-0.2, 0) is 6.42 Å². The van der Waals surface area contributed by atoms with E-state index in [1.807, 2.05) is 31.2 Å². The molecule has 3 rings (SSSR count). The Labute approximate surface area is 155 Å². The molecule has 0 bridgehead atoms. The molecule has 0 aliphatic heterocycles. The Morgan fingerprint density at radius 1 is 1.16 bits per heavy atom. The van der Waals surface area contributed by atoms with Crippen molar-refractivity contribution < 1.29 is 9.53 Å². The minimum absolute atomic E-state index is 0.193. The number of carbonyl (C=O) groups is 1. The molecule has 1 aromatic heterocycles. The van der Waals surface area contributed by atoms with Crippen LogP contribution >= 0.6 is 22.9 Å². The van der Waals surface area contributed by atoms with E-state index in [0.717, 1.165) is 22.7 Å². The van der Waals surface area contributed by atoms with Gasteiger partial charge in [-0.05, 0) is 48.9 Å². The molecule has 25 heavy (non-hydrogen) atoms. The molecule has 2 aromatic carbocycles. The summed E-state index contributed by atoms with van der Waals surface area (Å²) in [5, 5.41) is 4.05. The van der Waals surface area contributed by atoms with Crippen LogP contribution in [0.4, 0.5) is 5.13 Å². The Morgan fingerprint density at radius 3 is 2.48 bits per heavy atom. The van der Waals surface area contributed by atoms with E-state index in [1.54, 1.807) is 31.4 Å². The number of anilines is 1. The van der Waals surface area contributed by atoms with Gasteiger partial charge in [0.15, 0.2) is 5.13 Å². The van der Waals surface area contributed by atoms with Crippen LogP contribution in [0.1, 0.15) is 26.5 Å². The highest BCUT2D eigenvalue weighted by Gasteiger charge is 2.12. The number of nitrogens with zero attached hydrogens (tertiary/aromatic N) is 1. The zero-order valence-electron chi connectivity index (χ0n) is 13.9. The van der Waals surface area contributed by atoms with Gasteiger partial charge >= 0.3 is 0 Å². The first kappa shape index (κ1) is 17.5. The standard InChI is InChI=1S/C19H17ClN2O2S/c1-12-17(11-13-3-9-16(24-2)10-4-13)25-19(21-12)22-18(23)14-5-7-15(20)8-6-14/h3-10H,11H2,1-2H3,(H,21,22,23). The van der Waals surface area contributed by atoms with Gasteiger partial charge in [0.1, 0.15) is 5.75 Å². The summed E-state index contributed by atoms with van der Waals surface area (Å²) in [7, 11) is 1.65. The second-order valence-corrected chi connectivity index (χ2v) is 7.03. The third kappa shape index (κ3) is 4.38. The average molecular weight is 373 g/mol. The quantitative estimate of drug-likeness (QED) is 0.688. The number of aromatic nitrogens is 1. The molecule has 1 amide bonds. The Morgan fingerprint density at radius 2 is 1.84 bits per heavy atom. The molecule has 0 spiro atoms. The van der Waals surface area contributed by atoms with Crippen molar-refractivity contribution in [1.29, 1.82) is 0 Å². The number of methoxy groups -OCH3 is 1. The topological polar surface area (TPSA) is 51.2 Å². The van der Waals surface area contributed by atoms with E-state index in [2.05, 4.69) is 10.3 Å². The minimum atomic E-state index is -0.193. The zero-order valence-corrected chi connectivity index (χ0v) is 15.4. The molecule has 0 unspecified atom stereocenters. The number of hydrogen-bond acceptors (Lipinski definition) is 4. The fourth-order valence-electron chi connectivity index (χ4n) is 2.34. The molecule has 0 atom stereocenters. The van der Waals surface area contributed by atoms with Crippen molar-refractivity contribution in [1.82, 2.24) is 4.98 Å². The Balaban J connectivity index is 1.71. The molecule has 3 aromatic rings. The van der Waals surface area contributed by atoms with Crippen LogP contribution in [0.25, 0.3) is 0 Å². The van der Waals surface area contributed by atoms with Gasteiger partial charge in [0.05, 0.1) is 12.8 Å². The molecule has 1 heterocycles. The van der Waals surface area contributed by atoms with Gasteiger partial charge < -0.3 is 4.74 Å². The van der Waals surface area contributed by atoms with Crippen LogP contribution in [0.5, 0.6) is 5.75 Å². The van der Waals surface area contributed by atoms with Crippen LogP contribution < -0.4 is 10.1 Å². The first-order valence-electron chi connectivity index (χ1n) is 7.71. The lowest BCUT2D eigenvalue weighted by Crippen LogP contribution is -2.11. The lowest BCUT2D eigenvalue weighted by atomic mass is 10.1. The number of thiazole rings is 1. The maximum atomic E-state index is 12.3. The largest absolute Gasteiger partial charge is 0.497 e. The number of rotatable bonds is 5. The van der Waals surface area contributed by atoms with Crippen molar-refractivity contribution in [3.63, 3.8) is 0 Å². The van der Waals surface area contributed by atoms with Gasteiger partial charge in [-0.2, -0.15) is 0 Å². The zero-order chi connectivity index (χ0) is 17.8. The predicted octanol–water partition coefficient (Wildman–Crippen LogP) is 4.96. The van der Waals surface area contributed by atoms with Crippen molar-refractivity contribution in [3.05, 3.63) is 75.3 Å². The van der Waals surface area contributed by atoms with Crippen LogP contribution in [0.2, 0.25) is 5.02 Å². The van der Waals surface area contributed by atoms with Gasteiger partial charge in [-0.3, -0.25) is 10.1 Å². The highest BCUT2D eigenvalue weighted by Crippen LogP contribution is 2.26. The molecular formula is C19H17ClN2O2S. The molecular weight excluding hydrogens is 356 g/mol. The summed E-state index contributed by atoms with van der Waals surface area (Å²) in [6.45, 7) is 1.95. The van der Waals surface area contributed by atoms with Gasteiger partial charge in [-0.1, -0.05) is 23.7 Å². The molecule has 128 valence electrons. The van der Waals surface area contributed by atoms with Gasteiger partial charge in [0.25, 0.3) is 5.91 Å². The van der Waals surface area contributed by atoms with E-state index < -0.39 is 0 Å². The number of carbonyl (C=O) groups excluding carboxylic acids is 1. The normalized spacial score (nSPS) is 10.5. The second-order valence-electron chi connectivity index (χ2n) is 5.51. The first-order valence-corrected chi connectivity index (χ1v) is 8.91. The number of nitrogens with one attached hydrogen (secondary N) is 1. The number of hydrogen-bond donors (Lipinski definition) is 1. The predicted molar refractivity (Wildman–Crippen MR) is 102 cm³/mol. The third-order valence-electron chi connectivity index (χ3n) is 3.74. The van der Waals surface area contributed by atoms with Crippen molar-refractivity contribution in [2.75, 3.05) is 12.4 Å². The molecule has 4 nitrogen and oxygen atoms in total. The average Bonchev–Trinajstić information content (AvgIpc) is 2.95. The van der Waals surface area contributed by atoms with Crippen LogP contribution in [0.15, 0.2) is 48.5 Å². The second kappa shape index (κ2) is 7.68. The van der Waals surface area contributed by atoms with E-state index in [1.165, 1.54) is 16.9 Å². The number of halogens is 1. The first-order chi connectivity index (χ1) is 12.0. The molecule has 1 N–H and O–H groups in total. The van der Waals surface area contributed by atoms with E-state index >= 15 is 0 Å². The number of ether oxygens (including phenoxy) is 1. The number of amides is 1. The summed E-state index contributed by atoms with van der Waals surface area (Å²) in [4.78, 5) is 17.9. The summed E-state index contributed by atoms with van der Waals surface area (Å²) >= 11 is 7.34. The smallest absolute Gasteiger partial charge is 0.257 e. The lowest BCUT2D eigenvalue weighted by molar-refractivity contribution is 0.102.